The molecule has 1 aromatic heterocycles. The molecule has 2 heterocycles. The smallest absolute Gasteiger partial charge is 0.270 e. The lowest BCUT2D eigenvalue weighted by Crippen LogP contribution is -2.55. The Morgan fingerprint density at radius 1 is 0.917 bits per heavy atom. The molecule has 2 aliphatic rings. The number of aromatic hydroxyl groups is 1. The van der Waals surface area contributed by atoms with Crippen LogP contribution in [0.25, 0.3) is 0 Å². The number of hydrogen-bond acceptors (Lipinski definition) is 7. The molecule has 2 fully saturated rings. The number of rotatable bonds is 12. The maximum Gasteiger partial charge on any atom is 0.270 e. The second-order valence-corrected chi connectivity index (χ2v) is 12.8. The van der Waals surface area contributed by atoms with Gasteiger partial charge in [0.15, 0.2) is 0 Å². The molecule has 0 radical (unpaired) electrons. The van der Waals surface area contributed by atoms with E-state index in [4.69, 9.17) is 0 Å². The maximum atomic E-state index is 13.7. The van der Waals surface area contributed by atoms with Crippen molar-refractivity contribution < 1.29 is 24.3 Å². The van der Waals surface area contributed by atoms with Crippen molar-refractivity contribution in [3.8, 4) is 5.75 Å². The van der Waals surface area contributed by atoms with Crippen molar-refractivity contribution >= 4 is 29.3 Å². The standard InChI is InChI=1S/C36H47N7O5/c1-3-32(45)39-29(36(48)43-21-19-42(20-22-43)24-27-11-7-8-12-31(27)44)23-25-13-15-28(16-14-25)38-35(47)33(26-9-5-4-6-10-26)40-34(46)30-17-18-37-41(30)2/h7-8,11-18,26,29,33,44H,3-6,9-10,19-24H2,1-2H3,(H,38,47)(H,39,45)(H,40,46)/t29-,33+/m1/s1. The molecule has 2 atom stereocenters. The molecule has 1 aliphatic heterocycles. The second kappa shape index (κ2) is 16.4. The van der Waals surface area contributed by atoms with Gasteiger partial charge < -0.3 is 26.0 Å². The zero-order valence-electron chi connectivity index (χ0n) is 27.9. The SMILES string of the molecule is CCC(=O)N[C@H](Cc1ccc(NC(=O)[C@@H](NC(=O)c2ccnn2C)C2CCCCC2)cc1)C(=O)N1CCN(Cc2ccccc2O)CC1. The van der Waals surface area contributed by atoms with E-state index in [9.17, 15) is 24.3 Å². The lowest BCUT2D eigenvalue weighted by Gasteiger charge is -2.36. The van der Waals surface area contributed by atoms with Crippen molar-refractivity contribution in [1.29, 1.82) is 0 Å². The van der Waals surface area contributed by atoms with Crippen LogP contribution in [-0.2, 0) is 34.4 Å². The summed E-state index contributed by atoms with van der Waals surface area (Å²) in [6.07, 6.45) is 7.03. The largest absolute Gasteiger partial charge is 0.508 e. The maximum absolute atomic E-state index is 13.7. The van der Waals surface area contributed by atoms with Crippen molar-refractivity contribution in [2.75, 3.05) is 31.5 Å². The number of nitrogens with one attached hydrogen (secondary N) is 3. The van der Waals surface area contributed by atoms with Crippen molar-refractivity contribution in [2.24, 2.45) is 13.0 Å². The first-order valence-electron chi connectivity index (χ1n) is 17.0. The van der Waals surface area contributed by atoms with Gasteiger partial charge >= 0.3 is 0 Å². The number of phenols is 1. The van der Waals surface area contributed by atoms with Crippen LogP contribution in [0.2, 0.25) is 0 Å². The average molecular weight is 658 g/mol. The number of benzene rings is 2. The molecule has 0 unspecified atom stereocenters. The van der Waals surface area contributed by atoms with E-state index < -0.39 is 12.1 Å². The topological polar surface area (TPSA) is 149 Å². The highest BCUT2D eigenvalue weighted by molar-refractivity contribution is 6.00. The van der Waals surface area contributed by atoms with E-state index in [0.29, 0.717) is 50.5 Å². The van der Waals surface area contributed by atoms with Gasteiger partial charge in [-0.3, -0.25) is 28.8 Å². The van der Waals surface area contributed by atoms with Crippen molar-refractivity contribution in [3.63, 3.8) is 0 Å². The number of piperazine rings is 1. The van der Waals surface area contributed by atoms with E-state index in [2.05, 4.69) is 25.9 Å². The number of anilines is 1. The normalized spacial score (nSPS) is 16.9. The predicted molar refractivity (Wildman–Crippen MR) is 182 cm³/mol. The third kappa shape index (κ3) is 9.00. The first-order chi connectivity index (χ1) is 23.2. The van der Waals surface area contributed by atoms with Crippen LogP contribution in [0.5, 0.6) is 5.75 Å². The number of carbonyl (C=O) groups excluding carboxylic acids is 4. The molecule has 1 saturated heterocycles. The fourth-order valence-corrected chi connectivity index (χ4v) is 6.59. The number of aromatic nitrogens is 2. The van der Waals surface area contributed by atoms with E-state index in [0.717, 1.165) is 43.2 Å². The Bertz CT molecular complexity index is 1560. The van der Waals surface area contributed by atoms with Crippen LogP contribution >= 0.6 is 0 Å². The van der Waals surface area contributed by atoms with Crippen LogP contribution in [0.1, 0.15) is 67.1 Å². The van der Waals surface area contributed by atoms with Gasteiger partial charge in [-0.2, -0.15) is 5.10 Å². The Kier molecular flexibility index (Phi) is 11.8. The Balaban J connectivity index is 1.20. The highest BCUT2D eigenvalue weighted by Crippen LogP contribution is 2.28. The summed E-state index contributed by atoms with van der Waals surface area (Å²) in [5.41, 5.74) is 2.67. The molecule has 4 amide bonds. The van der Waals surface area contributed by atoms with Gasteiger partial charge in [0.2, 0.25) is 17.7 Å². The predicted octanol–water partition coefficient (Wildman–Crippen LogP) is 3.22. The van der Waals surface area contributed by atoms with Gasteiger partial charge in [0.1, 0.15) is 23.5 Å². The van der Waals surface area contributed by atoms with Crippen LogP contribution in [0, 0.1) is 5.92 Å². The number of aryl methyl sites for hydroxylation is 1. The number of amides is 4. The second-order valence-electron chi connectivity index (χ2n) is 12.8. The Morgan fingerprint density at radius 2 is 1.62 bits per heavy atom. The van der Waals surface area contributed by atoms with Crippen molar-refractivity contribution in [2.45, 2.75) is 70.5 Å². The zero-order chi connectivity index (χ0) is 34.0. The monoisotopic (exact) mass is 657 g/mol. The third-order valence-corrected chi connectivity index (χ3v) is 9.43. The summed E-state index contributed by atoms with van der Waals surface area (Å²) in [5, 5.41) is 23.1. The zero-order valence-corrected chi connectivity index (χ0v) is 27.9. The number of nitrogens with zero attached hydrogens (tertiary/aromatic N) is 4. The molecule has 4 N–H and O–H groups in total. The van der Waals surface area contributed by atoms with Crippen LogP contribution in [0.15, 0.2) is 60.8 Å². The first-order valence-corrected chi connectivity index (χ1v) is 17.0. The van der Waals surface area contributed by atoms with Crippen LogP contribution < -0.4 is 16.0 Å². The van der Waals surface area contributed by atoms with Gasteiger partial charge in [0.25, 0.3) is 5.91 Å². The molecule has 1 saturated carbocycles. The van der Waals surface area contributed by atoms with E-state index in [1.54, 1.807) is 55.4 Å². The Hall–Kier alpha value is -4.71. The summed E-state index contributed by atoms with van der Waals surface area (Å²) < 4.78 is 1.49. The summed E-state index contributed by atoms with van der Waals surface area (Å²) in [6, 6.07) is 14.8. The first kappa shape index (κ1) is 34.6. The molecule has 3 aromatic rings. The summed E-state index contributed by atoms with van der Waals surface area (Å²) in [4.78, 5) is 56.7. The molecule has 48 heavy (non-hydrogen) atoms. The van der Waals surface area contributed by atoms with Gasteiger partial charge in [0.05, 0.1) is 0 Å². The molecule has 256 valence electrons. The summed E-state index contributed by atoms with van der Waals surface area (Å²) in [5.74, 6) is -0.627. The number of hydrogen-bond donors (Lipinski definition) is 4. The average Bonchev–Trinajstić information content (AvgIpc) is 3.54. The highest BCUT2D eigenvalue weighted by Gasteiger charge is 2.32. The molecule has 0 bridgehead atoms. The lowest BCUT2D eigenvalue weighted by molar-refractivity contribution is -0.138. The van der Waals surface area contributed by atoms with E-state index in [1.165, 1.54) is 4.68 Å². The van der Waals surface area contributed by atoms with Crippen LogP contribution in [-0.4, -0.2) is 86.6 Å². The lowest BCUT2D eigenvalue weighted by atomic mass is 9.83. The van der Waals surface area contributed by atoms with Gasteiger partial charge in [-0.1, -0.05) is 56.5 Å². The minimum atomic E-state index is -0.722. The molecule has 5 rings (SSSR count). The Labute approximate surface area is 281 Å². The molecule has 0 spiro atoms. The van der Waals surface area contributed by atoms with E-state index in [-0.39, 0.29) is 41.7 Å². The molecule has 12 heteroatoms. The molecular formula is C36H47N7O5. The van der Waals surface area contributed by atoms with Crippen molar-refractivity contribution in [3.05, 3.63) is 77.6 Å². The van der Waals surface area contributed by atoms with Gasteiger partial charge in [-0.05, 0) is 48.6 Å². The summed E-state index contributed by atoms with van der Waals surface area (Å²) in [7, 11) is 1.69. The molecule has 1 aliphatic carbocycles. The number of phenolic OH excluding ortho intramolecular Hbond substituents is 1. The number of para-hydroxylation sites is 1. The van der Waals surface area contributed by atoms with E-state index in [1.807, 2.05) is 24.3 Å². The minimum Gasteiger partial charge on any atom is -0.508 e. The van der Waals surface area contributed by atoms with Crippen LogP contribution in [0.3, 0.4) is 0 Å². The number of carbonyl (C=O) groups is 4. The van der Waals surface area contributed by atoms with Gasteiger partial charge in [-0.15, -0.1) is 0 Å². The van der Waals surface area contributed by atoms with Gasteiger partial charge in [0, 0.05) is 70.1 Å². The Morgan fingerprint density at radius 3 is 2.27 bits per heavy atom. The molecule has 12 nitrogen and oxygen atoms in total. The fraction of sp³-hybridized carbons (Fsp3) is 0.472. The van der Waals surface area contributed by atoms with Crippen molar-refractivity contribution in [1.82, 2.24) is 30.2 Å². The quantitative estimate of drug-likeness (QED) is 0.234. The minimum absolute atomic E-state index is 0.0384. The summed E-state index contributed by atoms with van der Waals surface area (Å²) >= 11 is 0. The van der Waals surface area contributed by atoms with E-state index >= 15 is 0 Å². The van der Waals surface area contributed by atoms with Crippen LogP contribution in [0.4, 0.5) is 5.69 Å². The fourth-order valence-electron chi connectivity index (χ4n) is 6.59. The van der Waals surface area contributed by atoms with Gasteiger partial charge in [-0.25, -0.2) is 0 Å². The molecule has 2 aromatic carbocycles. The third-order valence-electron chi connectivity index (χ3n) is 9.43. The highest BCUT2D eigenvalue weighted by atomic mass is 16.3. The molecular weight excluding hydrogens is 610 g/mol. The summed E-state index contributed by atoms with van der Waals surface area (Å²) in [6.45, 7) is 4.72.